The summed E-state index contributed by atoms with van der Waals surface area (Å²) in [5.74, 6) is 0.390. The van der Waals surface area contributed by atoms with Gasteiger partial charge in [-0.05, 0) is 6.07 Å². The monoisotopic (exact) mass is 391 g/mol. The number of carbonyl (C=O) groups is 2. The van der Waals surface area contributed by atoms with Crippen LogP contribution >= 0.6 is 11.8 Å². The summed E-state index contributed by atoms with van der Waals surface area (Å²) in [7, 11) is 1.61. The normalized spacial score (nSPS) is 14.5. The van der Waals surface area contributed by atoms with E-state index in [1.165, 1.54) is 11.8 Å². The standard InChI is InChI=1S/C19H25N3O4S/c1-25-9-6-20-18(23)14-27-17-12-22(16-5-3-2-4-15(16)17)13-19(24)21-7-10-26-11-8-21/h2-5,12H,6-11,13-14H2,1H3,(H,20,23). The molecule has 3 rings (SSSR count). The van der Waals surface area contributed by atoms with Crippen LogP contribution in [0.5, 0.6) is 0 Å². The first-order valence-corrected chi connectivity index (χ1v) is 9.99. The third-order valence-corrected chi connectivity index (χ3v) is 5.45. The minimum atomic E-state index is -0.0294. The SMILES string of the molecule is COCCNC(=O)CSc1cn(CC(=O)N2CCOCC2)c2ccccc12. The summed E-state index contributed by atoms with van der Waals surface area (Å²) in [6, 6.07) is 7.96. The van der Waals surface area contributed by atoms with Crippen LogP contribution < -0.4 is 5.32 Å². The second-order valence-electron chi connectivity index (χ2n) is 6.26. The zero-order valence-electron chi connectivity index (χ0n) is 15.5. The Bertz CT molecular complexity index is 786. The van der Waals surface area contributed by atoms with Gasteiger partial charge < -0.3 is 24.3 Å². The molecule has 146 valence electrons. The fraction of sp³-hybridized carbons (Fsp3) is 0.474. The molecule has 0 saturated carbocycles. The average molecular weight is 391 g/mol. The summed E-state index contributed by atoms with van der Waals surface area (Å²) in [5.41, 5.74) is 1.00. The maximum Gasteiger partial charge on any atom is 0.242 e. The Morgan fingerprint density at radius 1 is 1.26 bits per heavy atom. The number of fused-ring (bicyclic) bond motifs is 1. The van der Waals surface area contributed by atoms with Gasteiger partial charge in [0.1, 0.15) is 6.54 Å². The van der Waals surface area contributed by atoms with Crippen LogP contribution in [0.25, 0.3) is 10.9 Å². The first-order valence-electron chi connectivity index (χ1n) is 9.01. The Morgan fingerprint density at radius 2 is 2.04 bits per heavy atom. The van der Waals surface area contributed by atoms with Gasteiger partial charge in [0.05, 0.1) is 25.6 Å². The second-order valence-corrected chi connectivity index (χ2v) is 7.28. The summed E-state index contributed by atoms with van der Waals surface area (Å²) in [4.78, 5) is 27.4. The van der Waals surface area contributed by atoms with Crippen molar-refractivity contribution in [3.05, 3.63) is 30.5 Å². The van der Waals surface area contributed by atoms with Gasteiger partial charge in [-0.1, -0.05) is 18.2 Å². The van der Waals surface area contributed by atoms with E-state index in [0.29, 0.717) is 51.8 Å². The lowest BCUT2D eigenvalue weighted by molar-refractivity contribution is -0.135. The molecule has 0 unspecified atom stereocenters. The van der Waals surface area contributed by atoms with E-state index in [9.17, 15) is 9.59 Å². The van der Waals surface area contributed by atoms with E-state index in [1.54, 1.807) is 7.11 Å². The molecule has 1 N–H and O–H groups in total. The summed E-state index contributed by atoms with van der Waals surface area (Å²) in [6.07, 6.45) is 1.97. The van der Waals surface area contributed by atoms with E-state index in [0.717, 1.165) is 15.8 Å². The molecule has 1 saturated heterocycles. The van der Waals surface area contributed by atoms with Crippen molar-refractivity contribution in [3.63, 3.8) is 0 Å². The maximum atomic E-state index is 12.6. The highest BCUT2D eigenvalue weighted by Gasteiger charge is 2.19. The van der Waals surface area contributed by atoms with Crippen molar-refractivity contribution in [2.24, 2.45) is 0 Å². The number of nitrogens with zero attached hydrogens (tertiary/aromatic N) is 2. The van der Waals surface area contributed by atoms with Crippen LogP contribution in [-0.4, -0.2) is 73.6 Å². The molecular formula is C19H25N3O4S. The van der Waals surface area contributed by atoms with Crippen molar-refractivity contribution in [1.82, 2.24) is 14.8 Å². The fourth-order valence-electron chi connectivity index (χ4n) is 3.00. The molecular weight excluding hydrogens is 366 g/mol. The number of ether oxygens (including phenoxy) is 2. The Labute approximate surface area is 163 Å². The van der Waals surface area contributed by atoms with Gasteiger partial charge in [-0.3, -0.25) is 9.59 Å². The van der Waals surface area contributed by atoms with E-state index in [2.05, 4.69) is 5.32 Å². The van der Waals surface area contributed by atoms with Gasteiger partial charge in [0, 0.05) is 48.7 Å². The van der Waals surface area contributed by atoms with Gasteiger partial charge in [-0.15, -0.1) is 11.8 Å². The molecule has 2 amide bonds. The van der Waals surface area contributed by atoms with E-state index in [-0.39, 0.29) is 11.8 Å². The quantitative estimate of drug-likeness (QED) is 0.543. The van der Waals surface area contributed by atoms with Crippen molar-refractivity contribution in [1.29, 1.82) is 0 Å². The molecule has 8 heteroatoms. The largest absolute Gasteiger partial charge is 0.383 e. The van der Waals surface area contributed by atoms with E-state index >= 15 is 0 Å². The molecule has 27 heavy (non-hydrogen) atoms. The average Bonchev–Trinajstić information content (AvgIpc) is 3.05. The molecule has 1 aromatic carbocycles. The van der Waals surface area contributed by atoms with E-state index in [4.69, 9.17) is 9.47 Å². The molecule has 0 aliphatic carbocycles. The van der Waals surface area contributed by atoms with E-state index in [1.807, 2.05) is 39.9 Å². The zero-order chi connectivity index (χ0) is 19.1. The van der Waals surface area contributed by atoms with Gasteiger partial charge in [0.2, 0.25) is 11.8 Å². The molecule has 2 heterocycles. The lowest BCUT2D eigenvalue weighted by Gasteiger charge is -2.27. The molecule has 1 aliphatic heterocycles. The Kier molecular flexibility index (Phi) is 7.14. The van der Waals surface area contributed by atoms with Gasteiger partial charge in [0.25, 0.3) is 0 Å². The second kappa shape index (κ2) is 9.77. The Balaban J connectivity index is 1.67. The van der Waals surface area contributed by atoms with Crippen LogP contribution in [0.2, 0.25) is 0 Å². The molecule has 7 nitrogen and oxygen atoms in total. The predicted molar refractivity (Wildman–Crippen MR) is 105 cm³/mol. The smallest absolute Gasteiger partial charge is 0.242 e. The molecule has 0 spiro atoms. The first kappa shape index (κ1) is 19.7. The highest BCUT2D eigenvalue weighted by Crippen LogP contribution is 2.30. The number of aromatic nitrogens is 1. The van der Waals surface area contributed by atoms with Crippen LogP contribution in [0, 0.1) is 0 Å². The lowest BCUT2D eigenvalue weighted by atomic mass is 10.2. The number of amides is 2. The van der Waals surface area contributed by atoms with Gasteiger partial charge in [0.15, 0.2) is 0 Å². The Morgan fingerprint density at radius 3 is 2.81 bits per heavy atom. The number of thioether (sulfide) groups is 1. The van der Waals surface area contributed by atoms with Crippen molar-refractivity contribution < 1.29 is 19.1 Å². The minimum absolute atomic E-state index is 0.0294. The number of benzene rings is 1. The number of morpholine rings is 1. The number of carbonyl (C=O) groups excluding carboxylic acids is 2. The summed E-state index contributed by atoms with van der Waals surface area (Å²) in [5, 5.41) is 3.88. The van der Waals surface area contributed by atoms with Crippen LogP contribution in [0.4, 0.5) is 0 Å². The van der Waals surface area contributed by atoms with Crippen LogP contribution in [-0.2, 0) is 25.6 Å². The number of nitrogens with one attached hydrogen (secondary N) is 1. The van der Waals surface area contributed by atoms with Gasteiger partial charge in [-0.25, -0.2) is 0 Å². The molecule has 2 aromatic rings. The van der Waals surface area contributed by atoms with Crippen molar-refractivity contribution in [2.75, 3.05) is 52.3 Å². The number of para-hydroxylation sites is 1. The molecule has 1 aromatic heterocycles. The molecule has 1 aliphatic rings. The summed E-state index contributed by atoms with van der Waals surface area (Å²) < 4.78 is 12.2. The van der Waals surface area contributed by atoms with Crippen LogP contribution in [0.1, 0.15) is 0 Å². The third kappa shape index (κ3) is 5.24. The van der Waals surface area contributed by atoms with E-state index < -0.39 is 0 Å². The molecule has 1 fully saturated rings. The topological polar surface area (TPSA) is 72.8 Å². The van der Waals surface area contributed by atoms with Crippen LogP contribution in [0.15, 0.2) is 35.4 Å². The van der Waals surface area contributed by atoms with Crippen molar-refractivity contribution in [3.8, 4) is 0 Å². The highest BCUT2D eigenvalue weighted by atomic mass is 32.2. The molecule has 0 atom stereocenters. The minimum Gasteiger partial charge on any atom is -0.383 e. The number of rotatable bonds is 8. The predicted octanol–water partition coefficient (Wildman–Crippen LogP) is 1.35. The fourth-order valence-corrected chi connectivity index (χ4v) is 3.92. The molecule has 0 bridgehead atoms. The number of methoxy groups -OCH3 is 1. The number of hydrogen-bond acceptors (Lipinski definition) is 5. The highest BCUT2D eigenvalue weighted by molar-refractivity contribution is 8.00. The van der Waals surface area contributed by atoms with Crippen molar-refractivity contribution in [2.45, 2.75) is 11.4 Å². The third-order valence-electron chi connectivity index (χ3n) is 4.41. The zero-order valence-corrected chi connectivity index (χ0v) is 16.3. The molecule has 0 radical (unpaired) electrons. The first-order chi connectivity index (χ1) is 13.2. The maximum absolute atomic E-state index is 12.6. The van der Waals surface area contributed by atoms with Gasteiger partial charge in [-0.2, -0.15) is 0 Å². The van der Waals surface area contributed by atoms with Crippen molar-refractivity contribution >= 4 is 34.5 Å². The Hall–Kier alpha value is -2.03. The van der Waals surface area contributed by atoms with Gasteiger partial charge >= 0.3 is 0 Å². The number of hydrogen-bond donors (Lipinski definition) is 1. The summed E-state index contributed by atoms with van der Waals surface area (Å²) in [6.45, 7) is 3.77. The summed E-state index contributed by atoms with van der Waals surface area (Å²) >= 11 is 1.48. The lowest BCUT2D eigenvalue weighted by Crippen LogP contribution is -2.42. The van der Waals surface area contributed by atoms with Crippen LogP contribution in [0.3, 0.4) is 0 Å².